The van der Waals surface area contributed by atoms with Gasteiger partial charge in [-0.15, -0.1) is 0 Å². The zero-order valence-electron chi connectivity index (χ0n) is 7.39. The Bertz CT molecular complexity index is 411. The lowest BCUT2D eigenvalue weighted by Crippen LogP contribution is -2.03. The van der Waals surface area contributed by atoms with Crippen LogP contribution in [0.5, 0.6) is 11.8 Å². The normalized spacial score (nSPS) is 11.1. The molecule has 6 nitrogen and oxygen atoms in total. The SMILES string of the molecule is COc1ncnc(OC)c1S(=O)(=O)Cl. The van der Waals surface area contributed by atoms with Gasteiger partial charge in [-0.1, -0.05) is 0 Å². The maximum absolute atomic E-state index is 11.1. The zero-order chi connectivity index (χ0) is 10.8. The first-order valence-corrected chi connectivity index (χ1v) is 5.69. The van der Waals surface area contributed by atoms with E-state index in [0.29, 0.717) is 0 Å². The quantitative estimate of drug-likeness (QED) is 0.711. The fourth-order valence-corrected chi connectivity index (χ4v) is 1.93. The van der Waals surface area contributed by atoms with E-state index in [1.54, 1.807) is 0 Å². The zero-order valence-corrected chi connectivity index (χ0v) is 8.96. The van der Waals surface area contributed by atoms with Crippen LogP contribution in [0, 0.1) is 0 Å². The summed E-state index contributed by atoms with van der Waals surface area (Å²) in [5, 5.41) is 0. The molecule has 0 fully saturated rings. The minimum atomic E-state index is -3.99. The van der Waals surface area contributed by atoms with Gasteiger partial charge in [-0.25, -0.2) is 18.4 Å². The van der Waals surface area contributed by atoms with Gasteiger partial charge in [-0.2, -0.15) is 0 Å². The van der Waals surface area contributed by atoms with Gasteiger partial charge in [-0.3, -0.25) is 0 Å². The highest BCUT2D eigenvalue weighted by Crippen LogP contribution is 2.31. The molecule has 0 radical (unpaired) electrons. The lowest BCUT2D eigenvalue weighted by molar-refractivity contribution is 0.350. The number of methoxy groups -OCH3 is 2. The molecule has 8 heteroatoms. The molecule has 78 valence electrons. The van der Waals surface area contributed by atoms with E-state index in [9.17, 15) is 8.42 Å². The van der Waals surface area contributed by atoms with Crippen molar-refractivity contribution in [2.45, 2.75) is 4.90 Å². The Morgan fingerprint density at radius 3 is 1.93 bits per heavy atom. The molecule has 0 aliphatic rings. The molecule has 0 aliphatic heterocycles. The van der Waals surface area contributed by atoms with Crippen LogP contribution < -0.4 is 9.47 Å². The monoisotopic (exact) mass is 238 g/mol. The number of halogens is 1. The molecule has 1 rings (SSSR count). The molecule has 1 aromatic rings. The van der Waals surface area contributed by atoms with Crippen molar-refractivity contribution in [1.82, 2.24) is 9.97 Å². The molecular weight excluding hydrogens is 232 g/mol. The van der Waals surface area contributed by atoms with Crippen LogP contribution in [0.4, 0.5) is 0 Å². The van der Waals surface area contributed by atoms with Gasteiger partial charge in [0.05, 0.1) is 14.2 Å². The fourth-order valence-electron chi connectivity index (χ4n) is 0.842. The minimum Gasteiger partial charge on any atom is -0.480 e. The van der Waals surface area contributed by atoms with Crippen LogP contribution in [-0.4, -0.2) is 32.6 Å². The molecule has 0 atom stereocenters. The molecule has 14 heavy (non-hydrogen) atoms. The summed E-state index contributed by atoms with van der Waals surface area (Å²) in [5.41, 5.74) is 0. The molecule has 0 saturated heterocycles. The minimum absolute atomic E-state index is 0.146. The van der Waals surface area contributed by atoms with Gasteiger partial charge in [0.25, 0.3) is 9.05 Å². The average molecular weight is 239 g/mol. The molecule has 0 saturated carbocycles. The Morgan fingerprint density at radius 2 is 1.64 bits per heavy atom. The van der Waals surface area contributed by atoms with Crippen molar-refractivity contribution in [3.63, 3.8) is 0 Å². The van der Waals surface area contributed by atoms with Crippen molar-refractivity contribution < 1.29 is 17.9 Å². The van der Waals surface area contributed by atoms with Crippen molar-refractivity contribution >= 4 is 19.7 Å². The van der Waals surface area contributed by atoms with E-state index in [-0.39, 0.29) is 16.7 Å². The van der Waals surface area contributed by atoms with Crippen LogP contribution in [0.15, 0.2) is 11.2 Å². The molecule has 0 unspecified atom stereocenters. The molecule has 1 aromatic heterocycles. The number of rotatable bonds is 3. The lowest BCUT2D eigenvalue weighted by atomic mass is 10.6. The van der Waals surface area contributed by atoms with Crippen LogP contribution in [0.2, 0.25) is 0 Å². The Morgan fingerprint density at radius 1 is 1.21 bits per heavy atom. The largest absolute Gasteiger partial charge is 0.480 e. The van der Waals surface area contributed by atoms with Crippen molar-refractivity contribution in [3.8, 4) is 11.8 Å². The summed E-state index contributed by atoms with van der Waals surface area (Å²) in [6, 6.07) is 0. The molecule has 1 heterocycles. The van der Waals surface area contributed by atoms with Crippen molar-refractivity contribution in [1.29, 1.82) is 0 Å². The number of hydrogen-bond acceptors (Lipinski definition) is 6. The van der Waals surface area contributed by atoms with E-state index in [2.05, 4.69) is 9.97 Å². The first kappa shape index (κ1) is 11.0. The number of ether oxygens (including phenoxy) is 2. The van der Waals surface area contributed by atoms with E-state index in [4.69, 9.17) is 20.2 Å². The van der Waals surface area contributed by atoms with Gasteiger partial charge in [0.2, 0.25) is 16.7 Å². The van der Waals surface area contributed by atoms with Crippen LogP contribution in [0.25, 0.3) is 0 Å². The Labute approximate surface area is 85.3 Å². The van der Waals surface area contributed by atoms with Crippen molar-refractivity contribution in [3.05, 3.63) is 6.33 Å². The molecular formula is C6H7ClN2O4S. The highest BCUT2D eigenvalue weighted by molar-refractivity contribution is 8.13. The van der Waals surface area contributed by atoms with Crippen LogP contribution >= 0.6 is 10.7 Å². The van der Waals surface area contributed by atoms with Crippen LogP contribution in [0.3, 0.4) is 0 Å². The second-order valence-corrected chi connectivity index (χ2v) is 4.66. The highest BCUT2D eigenvalue weighted by atomic mass is 35.7. The van der Waals surface area contributed by atoms with Gasteiger partial charge < -0.3 is 9.47 Å². The summed E-state index contributed by atoms with van der Waals surface area (Å²) in [5.74, 6) is -0.293. The van der Waals surface area contributed by atoms with E-state index < -0.39 is 9.05 Å². The maximum atomic E-state index is 11.1. The number of hydrogen-bond donors (Lipinski definition) is 0. The molecule has 0 aliphatic carbocycles. The highest BCUT2D eigenvalue weighted by Gasteiger charge is 2.24. The topological polar surface area (TPSA) is 78.4 Å². The summed E-state index contributed by atoms with van der Waals surface area (Å²) >= 11 is 0. The summed E-state index contributed by atoms with van der Waals surface area (Å²) < 4.78 is 31.7. The van der Waals surface area contributed by atoms with Gasteiger partial charge in [0, 0.05) is 10.7 Å². The maximum Gasteiger partial charge on any atom is 0.272 e. The van der Waals surface area contributed by atoms with Crippen molar-refractivity contribution in [2.75, 3.05) is 14.2 Å². The second-order valence-electron chi connectivity index (χ2n) is 2.16. The van der Waals surface area contributed by atoms with E-state index in [1.807, 2.05) is 0 Å². The van der Waals surface area contributed by atoms with Crippen molar-refractivity contribution in [2.24, 2.45) is 0 Å². The third-order valence-electron chi connectivity index (χ3n) is 1.37. The standard InChI is InChI=1S/C6H7ClN2O4S/c1-12-5-4(14(7,10)11)6(13-2)9-3-8-5/h3H,1-2H3. The predicted octanol–water partition coefficient (Wildman–Crippen LogP) is 0.421. The lowest BCUT2D eigenvalue weighted by Gasteiger charge is -2.06. The Kier molecular flexibility index (Phi) is 3.12. The second kappa shape index (κ2) is 3.97. The summed E-state index contributed by atoms with van der Waals surface area (Å²) in [6.07, 6.45) is 1.11. The molecule has 0 aromatic carbocycles. The number of nitrogens with zero attached hydrogens (tertiary/aromatic N) is 2. The summed E-state index contributed by atoms with van der Waals surface area (Å²) in [4.78, 5) is 6.82. The summed E-state index contributed by atoms with van der Waals surface area (Å²) in [6.45, 7) is 0. The van der Waals surface area contributed by atoms with Crippen LogP contribution in [-0.2, 0) is 9.05 Å². The van der Waals surface area contributed by atoms with Crippen LogP contribution in [0.1, 0.15) is 0 Å². The van der Waals surface area contributed by atoms with Gasteiger partial charge >= 0.3 is 0 Å². The van der Waals surface area contributed by atoms with Gasteiger partial charge in [0.15, 0.2) is 0 Å². The fraction of sp³-hybridized carbons (Fsp3) is 0.333. The smallest absolute Gasteiger partial charge is 0.272 e. The molecule has 0 bridgehead atoms. The molecule has 0 amide bonds. The van der Waals surface area contributed by atoms with Gasteiger partial charge in [-0.05, 0) is 0 Å². The van der Waals surface area contributed by atoms with E-state index in [1.165, 1.54) is 14.2 Å². The van der Waals surface area contributed by atoms with Gasteiger partial charge in [0.1, 0.15) is 6.33 Å². The Hall–Kier alpha value is -1.08. The van der Waals surface area contributed by atoms with E-state index >= 15 is 0 Å². The number of aromatic nitrogens is 2. The predicted molar refractivity (Wildman–Crippen MR) is 48.2 cm³/mol. The first-order valence-electron chi connectivity index (χ1n) is 3.38. The first-order chi connectivity index (χ1) is 6.50. The van der Waals surface area contributed by atoms with E-state index in [0.717, 1.165) is 6.33 Å². The average Bonchev–Trinajstić information content (AvgIpc) is 2.15. The molecule has 0 N–H and O–H groups in total. The molecule has 0 spiro atoms. The Balaban J connectivity index is 3.50. The summed E-state index contributed by atoms with van der Waals surface area (Å²) in [7, 11) is 3.71. The third kappa shape index (κ3) is 2.05. The third-order valence-corrected chi connectivity index (χ3v) is 2.67.